The zero-order chi connectivity index (χ0) is 9.52. The maximum Gasteiger partial charge on any atom is 0.306 e. The first-order valence-corrected chi connectivity index (χ1v) is 4.71. The highest BCUT2D eigenvalue weighted by Crippen LogP contribution is 2.05. The predicted molar refractivity (Wildman–Crippen MR) is 48.5 cm³/mol. The largest absolute Gasteiger partial charge is 0.469 e. The molecule has 1 heterocycles. The second-order valence-electron chi connectivity index (χ2n) is 3.19. The summed E-state index contributed by atoms with van der Waals surface area (Å²) in [6, 6.07) is 0.415. The lowest BCUT2D eigenvalue weighted by atomic mass is 10.1. The zero-order valence-electron chi connectivity index (χ0n) is 8.04. The number of ether oxygens (including phenoxy) is 2. The van der Waals surface area contributed by atoms with Crippen LogP contribution in [-0.4, -0.2) is 38.9 Å². The molecule has 1 saturated heterocycles. The van der Waals surface area contributed by atoms with Crippen LogP contribution in [-0.2, 0) is 14.3 Å². The molecule has 1 unspecified atom stereocenters. The normalized spacial score (nSPS) is 22.7. The van der Waals surface area contributed by atoms with Gasteiger partial charge in [-0.25, -0.2) is 0 Å². The van der Waals surface area contributed by atoms with Crippen LogP contribution in [0.5, 0.6) is 0 Å². The second-order valence-corrected chi connectivity index (χ2v) is 3.19. The van der Waals surface area contributed by atoms with Gasteiger partial charge in [0.25, 0.3) is 0 Å². The van der Waals surface area contributed by atoms with E-state index in [1.54, 1.807) is 0 Å². The topological polar surface area (TPSA) is 47.6 Å². The molecule has 0 aromatic rings. The second kappa shape index (κ2) is 5.94. The van der Waals surface area contributed by atoms with Crippen molar-refractivity contribution in [2.24, 2.45) is 0 Å². The van der Waals surface area contributed by atoms with Gasteiger partial charge in [-0.05, 0) is 12.8 Å². The van der Waals surface area contributed by atoms with Gasteiger partial charge in [-0.3, -0.25) is 4.79 Å². The molecule has 1 N–H and O–H groups in total. The Morgan fingerprint density at radius 3 is 3.15 bits per heavy atom. The summed E-state index contributed by atoms with van der Waals surface area (Å²) in [5.41, 5.74) is 0. The lowest BCUT2D eigenvalue weighted by Gasteiger charge is -2.22. The third kappa shape index (κ3) is 4.24. The molecule has 0 amide bonds. The SMILES string of the molecule is COC(=O)CCNC1CCCOC1. The molecule has 4 nitrogen and oxygen atoms in total. The molecule has 1 aliphatic heterocycles. The van der Waals surface area contributed by atoms with Crippen LogP contribution in [0.1, 0.15) is 19.3 Å². The predicted octanol–water partition coefficient (Wildman–Crippen LogP) is 0.318. The van der Waals surface area contributed by atoms with E-state index < -0.39 is 0 Å². The molecule has 0 aliphatic carbocycles. The number of rotatable bonds is 4. The van der Waals surface area contributed by atoms with Gasteiger partial charge in [0.1, 0.15) is 0 Å². The minimum atomic E-state index is -0.163. The van der Waals surface area contributed by atoms with Crippen molar-refractivity contribution in [3.63, 3.8) is 0 Å². The Bertz CT molecular complexity index is 155. The number of methoxy groups -OCH3 is 1. The van der Waals surface area contributed by atoms with Gasteiger partial charge in [-0.15, -0.1) is 0 Å². The van der Waals surface area contributed by atoms with Crippen molar-refractivity contribution >= 4 is 5.97 Å². The highest BCUT2D eigenvalue weighted by atomic mass is 16.5. The van der Waals surface area contributed by atoms with E-state index >= 15 is 0 Å². The molecule has 1 fully saturated rings. The molecule has 4 heteroatoms. The first-order valence-electron chi connectivity index (χ1n) is 4.71. The maximum atomic E-state index is 10.8. The molecule has 0 bridgehead atoms. The van der Waals surface area contributed by atoms with Gasteiger partial charge < -0.3 is 14.8 Å². The van der Waals surface area contributed by atoms with E-state index in [9.17, 15) is 4.79 Å². The number of hydrogen-bond donors (Lipinski definition) is 1. The van der Waals surface area contributed by atoms with Gasteiger partial charge in [0, 0.05) is 19.2 Å². The first kappa shape index (κ1) is 10.5. The summed E-state index contributed by atoms with van der Waals surface area (Å²) >= 11 is 0. The van der Waals surface area contributed by atoms with E-state index in [2.05, 4.69) is 10.1 Å². The molecule has 1 rings (SSSR count). The summed E-state index contributed by atoms with van der Waals surface area (Å²) in [7, 11) is 1.41. The molecule has 0 radical (unpaired) electrons. The highest BCUT2D eigenvalue weighted by Gasteiger charge is 2.12. The summed E-state index contributed by atoms with van der Waals surface area (Å²) in [6.07, 6.45) is 2.68. The third-order valence-corrected chi connectivity index (χ3v) is 2.15. The Kier molecular flexibility index (Phi) is 4.78. The van der Waals surface area contributed by atoms with Gasteiger partial charge >= 0.3 is 5.97 Å². The zero-order valence-corrected chi connectivity index (χ0v) is 8.04. The number of esters is 1. The van der Waals surface area contributed by atoms with Crippen molar-refractivity contribution < 1.29 is 14.3 Å². The van der Waals surface area contributed by atoms with E-state index in [-0.39, 0.29) is 5.97 Å². The summed E-state index contributed by atoms with van der Waals surface area (Å²) in [6.45, 7) is 2.32. The standard InChI is InChI=1S/C9H17NO3/c1-12-9(11)4-5-10-8-3-2-6-13-7-8/h8,10H,2-7H2,1H3. The smallest absolute Gasteiger partial charge is 0.306 e. The van der Waals surface area contributed by atoms with Crippen molar-refractivity contribution in [3.05, 3.63) is 0 Å². The van der Waals surface area contributed by atoms with Crippen molar-refractivity contribution in [3.8, 4) is 0 Å². The lowest BCUT2D eigenvalue weighted by molar-refractivity contribution is -0.140. The summed E-state index contributed by atoms with van der Waals surface area (Å²) < 4.78 is 9.82. The first-order chi connectivity index (χ1) is 6.33. The molecular formula is C9H17NO3. The number of hydrogen-bond acceptors (Lipinski definition) is 4. The quantitative estimate of drug-likeness (QED) is 0.644. The molecule has 0 aromatic carbocycles. The Morgan fingerprint density at radius 2 is 2.54 bits per heavy atom. The number of carbonyl (C=O) groups is 1. The maximum absolute atomic E-state index is 10.8. The van der Waals surface area contributed by atoms with Crippen molar-refractivity contribution in [1.82, 2.24) is 5.32 Å². The Hall–Kier alpha value is -0.610. The molecule has 1 atom stereocenters. The van der Waals surface area contributed by atoms with Crippen LogP contribution in [0.25, 0.3) is 0 Å². The molecule has 76 valence electrons. The van der Waals surface area contributed by atoms with Crippen LogP contribution >= 0.6 is 0 Å². The molecule has 1 aliphatic rings. The molecular weight excluding hydrogens is 170 g/mol. The monoisotopic (exact) mass is 187 g/mol. The van der Waals surface area contributed by atoms with Gasteiger partial charge in [0.15, 0.2) is 0 Å². The van der Waals surface area contributed by atoms with Crippen molar-refractivity contribution in [2.45, 2.75) is 25.3 Å². The average molecular weight is 187 g/mol. The van der Waals surface area contributed by atoms with Gasteiger partial charge in [0.05, 0.1) is 20.1 Å². The minimum absolute atomic E-state index is 0.163. The number of carbonyl (C=O) groups excluding carboxylic acids is 1. The van der Waals surface area contributed by atoms with Crippen molar-refractivity contribution in [1.29, 1.82) is 0 Å². The molecule has 13 heavy (non-hydrogen) atoms. The fourth-order valence-corrected chi connectivity index (χ4v) is 1.38. The van der Waals surface area contributed by atoms with Crippen LogP contribution in [0.4, 0.5) is 0 Å². The molecule has 0 aromatic heterocycles. The van der Waals surface area contributed by atoms with Crippen LogP contribution in [0, 0.1) is 0 Å². The minimum Gasteiger partial charge on any atom is -0.469 e. The van der Waals surface area contributed by atoms with E-state index in [1.807, 2.05) is 0 Å². The average Bonchev–Trinajstić information content (AvgIpc) is 2.19. The number of nitrogens with one attached hydrogen (secondary N) is 1. The van der Waals surface area contributed by atoms with Crippen molar-refractivity contribution in [2.75, 3.05) is 26.9 Å². The van der Waals surface area contributed by atoms with Gasteiger partial charge in [-0.1, -0.05) is 0 Å². The van der Waals surface area contributed by atoms with E-state index in [4.69, 9.17) is 4.74 Å². The summed E-state index contributed by atoms with van der Waals surface area (Å²) in [4.78, 5) is 10.8. The fraction of sp³-hybridized carbons (Fsp3) is 0.889. The highest BCUT2D eigenvalue weighted by molar-refractivity contribution is 5.69. The fourth-order valence-electron chi connectivity index (χ4n) is 1.38. The Morgan fingerprint density at radius 1 is 1.69 bits per heavy atom. The Balaban J connectivity index is 2.01. The van der Waals surface area contributed by atoms with E-state index in [0.717, 1.165) is 26.1 Å². The molecule has 0 saturated carbocycles. The van der Waals surface area contributed by atoms with E-state index in [1.165, 1.54) is 7.11 Å². The van der Waals surface area contributed by atoms with Crippen LogP contribution in [0.15, 0.2) is 0 Å². The summed E-state index contributed by atoms with van der Waals surface area (Å²) in [5, 5.41) is 3.26. The summed E-state index contributed by atoms with van der Waals surface area (Å²) in [5.74, 6) is -0.163. The van der Waals surface area contributed by atoms with Crippen LogP contribution < -0.4 is 5.32 Å². The van der Waals surface area contributed by atoms with Gasteiger partial charge in [0.2, 0.25) is 0 Å². The third-order valence-electron chi connectivity index (χ3n) is 2.15. The lowest BCUT2D eigenvalue weighted by Crippen LogP contribution is -2.37. The van der Waals surface area contributed by atoms with Crippen LogP contribution in [0.3, 0.4) is 0 Å². The Labute approximate surface area is 78.6 Å². The van der Waals surface area contributed by atoms with Gasteiger partial charge in [-0.2, -0.15) is 0 Å². The molecule has 0 spiro atoms. The van der Waals surface area contributed by atoms with Crippen LogP contribution in [0.2, 0.25) is 0 Å². The van der Waals surface area contributed by atoms with E-state index in [0.29, 0.717) is 19.0 Å².